The summed E-state index contributed by atoms with van der Waals surface area (Å²) in [6.45, 7) is 4.01. The van der Waals surface area contributed by atoms with E-state index in [-0.39, 0.29) is 5.97 Å². The molecule has 0 spiro atoms. The lowest BCUT2D eigenvalue weighted by molar-refractivity contribution is 0.0665. The van der Waals surface area contributed by atoms with Crippen molar-refractivity contribution in [1.29, 1.82) is 0 Å². The lowest BCUT2D eigenvalue weighted by atomic mass is 10.1. The van der Waals surface area contributed by atoms with Gasteiger partial charge in [-0.3, -0.25) is 0 Å². The number of hydrogen-bond acceptors (Lipinski definition) is 2. The highest BCUT2D eigenvalue weighted by Gasteiger charge is 2.03. The summed E-state index contributed by atoms with van der Waals surface area (Å²) in [5, 5.41) is 0. The van der Waals surface area contributed by atoms with Crippen LogP contribution in [0, 0.1) is 13.8 Å². The van der Waals surface area contributed by atoms with Gasteiger partial charge in [0.15, 0.2) is 0 Å². The van der Waals surface area contributed by atoms with Crippen LogP contribution in [0.2, 0.25) is 0 Å². The molecule has 0 atom stereocenters. The van der Waals surface area contributed by atoms with Crippen molar-refractivity contribution in [2.24, 2.45) is 0 Å². The highest BCUT2D eigenvalue weighted by atomic mass is 16.5. The van der Waals surface area contributed by atoms with Crippen molar-refractivity contribution in [1.82, 2.24) is 0 Å². The van der Waals surface area contributed by atoms with Crippen LogP contribution in [0.5, 0.6) is 0 Å². The Labute approximate surface area is 113 Å². The Balaban J connectivity index is 1.96. The molecule has 0 unspecified atom stereocenters. The summed E-state index contributed by atoms with van der Waals surface area (Å²) in [5.74, 6) is -0.344. The molecular weight excluding hydrogens is 236 g/mol. The van der Waals surface area contributed by atoms with Gasteiger partial charge in [0.05, 0.1) is 11.8 Å². The van der Waals surface area contributed by atoms with Gasteiger partial charge in [0, 0.05) is 0 Å². The maximum Gasteiger partial charge on any atom is 0.342 e. The van der Waals surface area contributed by atoms with Gasteiger partial charge in [0.2, 0.25) is 0 Å². The summed E-state index contributed by atoms with van der Waals surface area (Å²) >= 11 is 0. The van der Waals surface area contributed by atoms with Gasteiger partial charge in [0.25, 0.3) is 0 Å². The predicted octanol–water partition coefficient (Wildman–Crippen LogP) is 4.13. The summed E-state index contributed by atoms with van der Waals surface area (Å²) in [6.07, 6.45) is 3.19. The van der Waals surface area contributed by atoms with Crippen LogP contribution in [-0.4, -0.2) is 5.97 Å². The molecule has 2 aromatic carbocycles. The van der Waals surface area contributed by atoms with Gasteiger partial charge in [-0.15, -0.1) is 0 Å². The molecule has 0 radical (unpaired) electrons. The van der Waals surface area contributed by atoms with Gasteiger partial charge < -0.3 is 4.74 Å². The van der Waals surface area contributed by atoms with E-state index in [1.807, 2.05) is 50.2 Å². The first-order valence-electron chi connectivity index (χ1n) is 6.16. The van der Waals surface area contributed by atoms with Crippen LogP contribution in [0.4, 0.5) is 0 Å². The van der Waals surface area contributed by atoms with E-state index in [4.69, 9.17) is 4.74 Å². The molecule has 19 heavy (non-hydrogen) atoms. The molecule has 0 saturated carbocycles. The molecule has 0 N–H and O–H groups in total. The quantitative estimate of drug-likeness (QED) is 0.606. The molecule has 0 aromatic heterocycles. The number of carbonyl (C=O) groups is 1. The molecule has 0 aliphatic carbocycles. The Bertz CT molecular complexity index is 578. The maximum absolute atomic E-state index is 11.7. The molecule has 0 saturated heterocycles. The summed E-state index contributed by atoms with van der Waals surface area (Å²) < 4.78 is 5.08. The molecular formula is C17H16O2. The minimum absolute atomic E-state index is 0.344. The van der Waals surface area contributed by atoms with Crippen molar-refractivity contribution >= 4 is 12.0 Å². The Morgan fingerprint density at radius 3 is 2.00 bits per heavy atom. The van der Waals surface area contributed by atoms with E-state index in [9.17, 15) is 4.79 Å². The van der Waals surface area contributed by atoms with Crippen molar-refractivity contribution in [3.8, 4) is 0 Å². The lowest BCUT2D eigenvalue weighted by Crippen LogP contribution is -1.99. The van der Waals surface area contributed by atoms with Crippen molar-refractivity contribution < 1.29 is 9.53 Å². The fourth-order valence-corrected chi connectivity index (χ4v) is 1.61. The first-order valence-corrected chi connectivity index (χ1v) is 6.16. The number of carbonyl (C=O) groups excluding carboxylic acids is 1. The largest absolute Gasteiger partial charge is 0.431 e. The zero-order valence-electron chi connectivity index (χ0n) is 11.1. The number of esters is 1. The summed E-state index contributed by atoms with van der Waals surface area (Å²) in [4.78, 5) is 11.7. The third kappa shape index (κ3) is 3.81. The monoisotopic (exact) mass is 252 g/mol. The van der Waals surface area contributed by atoms with Crippen LogP contribution in [0.15, 0.2) is 54.8 Å². The molecule has 0 bridgehead atoms. The second-order valence-corrected chi connectivity index (χ2v) is 4.48. The van der Waals surface area contributed by atoms with Crippen LogP contribution >= 0.6 is 0 Å². The smallest absolute Gasteiger partial charge is 0.342 e. The molecule has 2 heteroatoms. The minimum atomic E-state index is -0.344. The van der Waals surface area contributed by atoms with E-state index in [1.165, 1.54) is 11.8 Å². The fraction of sp³-hybridized carbons (Fsp3) is 0.118. The maximum atomic E-state index is 11.7. The lowest BCUT2D eigenvalue weighted by Gasteiger charge is -2.00. The van der Waals surface area contributed by atoms with Gasteiger partial charge in [0.1, 0.15) is 0 Å². The number of aryl methyl sites for hydroxylation is 2. The molecule has 96 valence electrons. The molecule has 2 aromatic rings. The topological polar surface area (TPSA) is 26.3 Å². The van der Waals surface area contributed by atoms with Crippen molar-refractivity contribution in [2.45, 2.75) is 13.8 Å². The van der Waals surface area contributed by atoms with Gasteiger partial charge in [-0.05, 0) is 37.6 Å². The van der Waals surface area contributed by atoms with Gasteiger partial charge >= 0.3 is 5.97 Å². The molecule has 0 amide bonds. The zero-order chi connectivity index (χ0) is 13.7. The van der Waals surface area contributed by atoms with E-state index in [2.05, 4.69) is 0 Å². The number of rotatable bonds is 3. The zero-order valence-corrected chi connectivity index (χ0v) is 11.1. The van der Waals surface area contributed by atoms with Gasteiger partial charge in [-0.2, -0.15) is 0 Å². The SMILES string of the molecule is Cc1ccc(/C=C/OC(=O)c2ccc(C)cc2)cc1. The second kappa shape index (κ2) is 6.01. The first kappa shape index (κ1) is 13.1. The number of ether oxygens (including phenoxy) is 1. The third-order valence-corrected chi connectivity index (χ3v) is 2.80. The van der Waals surface area contributed by atoms with Gasteiger partial charge in [-0.1, -0.05) is 47.5 Å². The molecule has 0 fully saturated rings. The first-order chi connectivity index (χ1) is 9.15. The molecule has 0 heterocycles. The summed E-state index contributed by atoms with van der Waals surface area (Å²) in [6, 6.07) is 15.3. The number of hydrogen-bond donors (Lipinski definition) is 0. The van der Waals surface area contributed by atoms with E-state index < -0.39 is 0 Å². The van der Waals surface area contributed by atoms with Crippen molar-refractivity contribution in [2.75, 3.05) is 0 Å². The average molecular weight is 252 g/mol. The molecule has 0 aliphatic rings. The minimum Gasteiger partial charge on any atom is -0.431 e. The fourth-order valence-electron chi connectivity index (χ4n) is 1.61. The van der Waals surface area contributed by atoms with E-state index >= 15 is 0 Å². The molecule has 0 aliphatic heterocycles. The number of benzene rings is 2. The van der Waals surface area contributed by atoms with Crippen LogP contribution in [0.25, 0.3) is 6.08 Å². The third-order valence-electron chi connectivity index (χ3n) is 2.80. The highest BCUT2D eigenvalue weighted by Crippen LogP contribution is 2.07. The van der Waals surface area contributed by atoms with Crippen LogP contribution < -0.4 is 0 Å². The van der Waals surface area contributed by atoms with Crippen molar-refractivity contribution in [3.05, 3.63) is 77.0 Å². The average Bonchev–Trinajstić information content (AvgIpc) is 2.41. The molecule has 2 rings (SSSR count). The Morgan fingerprint density at radius 1 is 0.895 bits per heavy atom. The van der Waals surface area contributed by atoms with E-state index in [0.29, 0.717) is 5.56 Å². The molecule has 2 nitrogen and oxygen atoms in total. The van der Waals surface area contributed by atoms with E-state index in [1.54, 1.807) is 18.2 Å². The summed E-state index contributed by atoms with van der Waals surface area (Å²) in [7, 11) is 0. The van der Waals surface area contributed by atoms with Crippen LogP contribution in [0.1, 0.15) is 27.0 Å². The Kier molecular flexibility index (Phi) is 4.14. The standard InChI is InChI=1S/C17H16O2/c1-13-3-7-15(8-4-13)11-12-19-17(18)16-9-5-14(2)6-10-16/h3-12H,1-2H3/b12-11+. The van der Waals surface area contributed by atoms with Gasteiger partial charge in [-0.25, -0.2) is 4.79 Å². The van der Waals surface area contributed by atoms with Crippen LogP contribution in [-0.2, 0) is 4.74 Å². The summed E-state index contributed by atoms with van der Waals surface area (Å²) in [5.41, 5.74) is 3.88. The van der Waals surface area contributed by atoms with Crippen molar-refractivity contribution in [3.63, 3.8) is 0 Å². The Morgan fingerprint density at radius 2 is 1.42 bits per heavy atom. The Hall–Kier alpha value is -2.35. The normalized spacial score (nSPS) is 10.6. The predicted molar refractivity (Wildman–Crippen MR) is 76.8 cm³/mol. The van der Waals surface area contributed by atoms with E-state index in [0.717, 1.165) is 11.1 Å². The second-order valence-electron chi connectivity index (χ2n) is 4.48. The van der Waals surface area contributed by atoms with Crippen LogP contribution in [0.3, 0.4) is 0 Å². The highest BCUT2D eigenvalue weighted by molar-refractivity contribution is 5.90.